The van der Waals surface area contributed by atoms with Crippen LogP contribution in [0.15, 0.2) is 53.3 Å². The molecule has 0 aliphatic rings. The van der Waals surface area contributed by atoms with Gasteiger partial charge in [0.15, 0.2) is 5.69 Å². The number of carbonyl (C=O) groups is 1. The summed E-state index contributed by atoms with van der Waals surface area (Å²) < 4.78 is 48.2. The van der Waals surface area contributed by atoms with Gasteiger partial charge in [-0.25, -0.2) is 9.78 Å². The van der Waals surface area contributed by atoms with Crippen LogP contribution in [-0.2, 0) is 17.4 Å². The van der Waals surface area contributed by atoms with Crippen LogP contribution in [0.1, 0.15) is 11.6 Å². The standard InChI is InChI=1S/C17H11F3N4O4/c1-9(16(25)26)6-13-23-15(24-28-13)10-2-4-11(5-3-10)27-14-8-21-7-12(22-14)17(18,19)20/h2-5,7-8H,1,6H2,(H,25,26). The van der Waals surface area contributed by atoms with Crippen molar-refractivity contribution >= 4 is 5.97 Å². The highest BCUT2D eigenvalue weighted by Crippen LogP contribution is 2.29. The minimum absolute atomic E-state index is 0.0852. The van der Waals surface area contributed by atoms with E-state index in [9.17, 15) is 18.0 Å². The maximum Gasteiger partial charge on any atom is 0.435 e. The predicted octanol–water partition coefficient (Wildman–Crippen LogP) is 3.52. The van der Waals surface area contributed by atoms with Crippen LogP contribution in [0, 0.1) is 0 Å². The smallest absolute Gasteiger partial charge is 0.435 e. The molecule has 144 valence electrons. The number of aliphatic carboxylic acids is 1. The molecule has 0 aliphatic heterocycles. The van der Waals surface area contributed by atoms with Gasteiger partial charge in [-0.3, -0.25) is 4.98 Å². The second kappa shape index (κ2) is 7.47. The fourth-order valence-electron chi connectivity index (χ4n) is 2.03. The molecule has 0 aliphatic carbocycles. The molecule has 0 atom stereocenters. The van der Waals surface area contributed by atoms with E-state index < -0.39 is 17.8 Å². The third-order valence-electron chi connectivity index (χ3n) is 3.37. The number of ether oxygens (including phenoxy) is 1. The van der Waals surface area contributed by atoms with Crippen LogP contribution in [-0.4, -0.2) is 31.2 Å². The van der Waals surface area contributed by atoms with Crippen molar-refractivity contribution in [1.29, 1.82) is 0 Å². The first-order chi connectivity index (χ1) is 13.2. The highest BCUT2D eigenvalue weighted by molar-refractivity contribution is 5.86. The summed E-state index contributed by atoms with van der Waals surface area (Å²) in [6.45, 7) is 3.38. The lowest BCUT2D eigenvalue weighted by molar-refractivity contribution is -0.141. The van der Waals surface area contributed by atoms with Gasteiger partial charge in [-0.15, -0.1) is 0 Å². The number of alkyl halides is 3. The topological polar surface area (TPSA) is 111 Å². The average molecular weight is 392 g/mol. The van der Waals surface area contributed by atoms with E-state index in [0.29, 0.717) is 11.8 Å². The lowest BCUT2D eigenvalue weighted by atomic mass is 10.2. The summed E-state index contributed by atoms with van der Waals surface area (Å²) >= 11 is 0. The lowest BCUT2D eigenvalue weighted by Gasteiger charge is -2.08. The number of aromatic nitrogens is 4. The second-order valence-corrected chi connectivity index (χ2v) is 5.46. The third kappa shape index (κ3) is 4.50. The molecule has 3 rings (SSSR count). The van der Waals surface area contributed by atoms with Crippen LogP contribution in [0.2, 0.25) is 0 Å². The number of benzene rings is 1. The molecule has 28 heavy (non-hydrogen) atoms. The largest absolute Gasteiger partial charge is 0.478 e. The fourth-order valence-corrected chi connectivity index (χ4v) is 2.03. The van der Waals surface area contributed by atoms with Crippen LogP contribution < -0.4 is 4.74 Å². The molecule has 3 aromatic rings. The Kier molecular flexibility index (Phi) is 5.07. The van der Waals surface area contributed by atoms with Crippen LogP contribution >= 0.6 is 0 Å². The Morgan fingerprint density at radius 2 is 1.89 bits per heavy atom. The number of halogens is 3. The van der Waals surface area contributed by atoms with Gasteiger partial charge >= 0.3 is 12.1 Å². The van der Waals surface area contributed by atoms with Gasteiger partial charge in [0.05, 0.1) is 18.8 Å². The minimum atomic E-state index is -4.63. The molecular weight excluding hydrogens is 381 g/mol. The van der Waals surface area contributed by atoms with Gasteiger partial charge < -0.3 is 14.4 Å². The predicted molar refractivity (Wildman–Crippen MR) is 87.3 cm³/mol. The monoisotopic (exact) mass is 392 g/mol. The van der Waals surface area contributed by atoms with Gasteiger partial charge in [0, 0.05) is 11.1 Å². The normalized spacial score (nSPS) is 11.2. The van der Waals surface area contributed by atoms with Gasteiger partial charge in [0.2, 0.25) is 17.6 Å². The molecule has 1 N–H and O–H groups in total. The summed E-state index contributed by atoms with van der Waals surface area (Å²) in [7, 11) is 0. The molecule has 0 saturated heterocycles. The molecule has 0 radical (unpaired) electrons. The Morgan fingerprint density at radius 1 is 1.18 bits per heavy atom. The van der Waals surface area contributed by atoms with E-state index in [1.165, 1.54) is 12.1 Å². The SMILES string of the molecule is C=C(Cc1nc(-c2ccc(Oc3cncc(C(F)(F)F)n3)cc2)no1)C(=O)O. The Hall–Kier alpha value is -3.76. The molecule has 2 aromatic heterocycles. The Bertz CT molecular complexity index is 1020. The summed E-state index contributed by atoms with van der Waals surface area (Å²) in [6, 6.07) is 6.06. The van der Waals surface area contributed by atoms with E-state index in [1.54, 1.807) is 12.1 Å². The summed E-state index contributed by atoms with van der Waals surface area (Å²) in [4.78, 5) is 21.7. The maximum atomic E-state index is 12.7. The van der Waals surface area contributed by atoms with Gasteiger partial charge in [0.1, 0.15) is 5.75 Å². The van der Waals surface area contributed by atoms with E-state index in [-0.39, 0.29) is 35.3 Å². The number of carboxylic acids is 1. The summed E-state index contributed by atoms with van der Waals surface area (Å²) in [5.74, 6) is -0.962. The molecule has 11 heteroatoms. The molecule has 1 aromatic carbocycles. The zero-order valence-electron chi connectivity index (χ0n) is 14.0. The van der Waals surface area contributed by atoms with Crippen molar-refractivity contribution in [3.63, 3.8) is 0 Å². The van der Waals surface area contributed by atoms with Crippen molar-refractivity contribution in [2.75, 3.05) is 0 Å². The number of hydrogen-bond donors (Lipinski definition) is 1. The van der Waals surface area contributed by atoms with Gasteiger partial charge in [-0.05, 0) is 24.3 Å². The van der Waals surface area contributed by atoms with Crippen molar-refractivity contribution in [3.8, 4) is 23.0 Å². The first-order valence-electron chi connectivity index (χ1n) is 7.63. The van der Waals surface area contributed by atoms with Gasteiger partial charge in [-0.2, -0.15) is 18.2 Å². The first-order valence-corrected chi connectivity index (χ1v) is 7.63. The van der Waals surface area contributed by atoms with E-state index >= 15 is 0 Å². The summed E-state index contributed by atoms with van der Waals surface area (Å²) in [5, 5.41) is 12.5. The van der Waals surface area contributed by atoms with E-state index in [0.717, 1.165) is 6.20 Å². The Labute approximate surface area is 155 Å². The Balaban J connectivity index is 1.71. The fraction of sp³-hybridized carbons (Fsp3) is 0.118. The molecule has 0 fully saturated rings. The zero-order valence-corrected chi connectivity index (χ0v) is 14.0. The number of carboxylic acid groups (broad SMARTS) is 1. The van der Waals surface area contributed by atoms with Gasteiger partial charge in [0.25, 0.3) is 0 Å². The minimum Gasteiger partial charge on any atom is -0.478 e. The van der Waals surface area contributed by atoms with Crippen LogP contribution in [0.5, 0.6) is 11.6 Å². The highest BCUT2D eigenvalue weighted by Gasteiger charge is 2.33. The molecule has 0 unspecified atom stereocenters. The van der Waals surface area contributed by atoms with E-state index in [2.05, 4.69) is 26.7 Å². The molecule has 0 spiro atoms. The second-order valence-electron chi connectivity index (χ2n) is 5.46. The van der Waals surface area contributed by atoms with Gasteiger partial charge in [-0.1, -0.05) is 11.7 Å². The van der Waals surface area contributed by atoms with Crippen molar-refractivity contribution in [2.24, 2.45) is 0 Å². The lowest BCUT2D eigenvalue weighted by Crippen LogP contribution is -2.08. The molecule has 0 saturated carbocycles. The third-order valence-corrected chi connectivity index (χ3v) is 3.37. The summed E-state index contributed by atoms with van der Waals surface area (Å²) in [6.07, 6.45) is -3.07. The maximum absolute atomic E-state index is 12.7. The van der Waals surface area contributed by atoms with Crippen molar-refractivity contribution in [2.45, 2.75) is 12.6 Å². The Morgan fingerprint density at radius 3 is 2.54 bits per heavy atom. The molecule has 8 nitrogen and oxygen atoms in total. The van der Waals surface area contributed by atoms with Crippen LogP contribution in [0.4, 0.5) is 13.2 Å². The first kappa shape index (κ1) is 19.0. The number of nitrogens with zero attached hydrogens (tertiary/aromatic N) is 4. The van der Waals surface area contributed by atoms with E-state index in [1.807, 2.05) is 0 Å². The van der Waals surface area contributed by atoms with Crippen molar-refractivity contribution < 1.29 is 32.3 Å². The van der Waals surface area contributed by atoms with Crippen LogP contribution in [0.3, 0.4) is 0 Å². The van der Waals surface area contributed by atoms with Crippen LogP contribution in [0.25, 0.3) is 11.4 Å². The van der Waals surface area contributed by atoms with Crippen molar-refractivity contribution in [3.05, 3.63) is 60.4 Å². The summed E-state index contributed by atoms with van der Waals surface area (Å²) in [5.41, 5.74) is -0.733. The number of hydrogen-bond acceptors (Lipinski definition) is 7. The zero-order chi connectivity index (χ0) is 20.3. The molecule has 0 bridgehead atoms. The average Bonchev–Trinajstić information content (AvgIpc) is 3.10. The number of rotatable bonds is 6. The quantitative estimate of drug-likeness (QED) is 0.635. The van der Waals surface area contributed by atoms with Crippen molar-refractivity contribution in [1.82, 2.24) is 20.1 Å². The molecule has 0 amide bonds. The highest BCUT2D eigenvalue weighted by atomic mass is 19.4. The van der Waals surface area contributed by atoms with E-state index in [4.69, 9.17) is 14.4 Å². The molecular formula is C17H11F3N4O4. The molecule has 2 heterocycles.